The molecule has 0 atom stereocenters. The van der Waals surface area contributed by atoms with Crippen LogP contribution in [0, 0.1) is 5.82 Å². The Kier molecular flexibility index (Phi) is 5.30. The van der Waals surface area contributed by atoms with E-state index in [0.717, 1.165) is 6.07 Å². The molecule has 0 aliphatic heterocycles. The van der Waals surface area contributed by atoms with Crippen molar-refractivity contribution in [2.24, 2.45) is 5.73 Å². The van der Waals surface area contributed by atoms with Crippen molar-refractivity contribution in [1.82, 2.24) is 4.98 Å². The Balaban J connectivity index is 2.17. The summed E-state index contributed by atoms with van der Waals surface area (Å²) in [4.78, 5) is 26.7. The molecule has 9 heteroatoms. The molecule has 0 radical (unpaired) electrons. The zero-order valence-electron chi connectivity index (χ0n) is 14.5. The van der Waals surface area contributed by atoms with Crippen LogP contribution in [0.15, 0.2) is 30.5 Å². The number of hydrogen-bond acceptors (Lipinski definition) is 6. The predicted molar refractivity (Wildman–Crippen MR) is 93.5 cm³/mol. The van der Waals surface area contributed by atoms with Gasteiger partial charge in [-0.1, -0.05) is 0 Å². The van der Waals surface area contributed by atoms with Crippen molar-refractivity contribution >= 4 is 23.4 Å². The van der Waals surface area contributed by atoms with Crippen LogP contribution in [0.5, 0.6) is 11.5 Å². The van der Waals surface area contributed by atoms with E-state index in [-0.39, 0.29) is 28.6 Å². The molecule has 5 N–H and O–H groups in total. The summed E-state index contributed by atoms with van der Waals surface area (Å²) in [6.45, 7) is 5.08. The third-order valence-electron chi connectivity index (χ3n) is 2.99. The first-order chi connectivity index (χ1) is 12.1. The molecule has 0 saturated carbocycles. The molecule has 138 valence electrons. The number of primary amides is 1. The van der Waals surface area contributed by atoms with Gasteiger partial charge in [0.25, 0.3) is 5.91 Å². The smallest absolute Gasteiger partial charge is 0.412 e. The molecule has 26 heavy (non-hydrogen) atoms. The topological polar surface area (TPSA) is 130 Å². The first-order valence-corrected chi connectivity index (χ1v) is 7.58. The van der Waals surface area contributed by atoms with Gasteiger partial charge in [-0.3, -0.25) is 10.1 Å². The van der Waals surface area contributed by atoms with Crippen molar-refractivity contribution in [3.05, 3.63) is 42.0 Å². The SMILES string of the molecule is CC(C)(C)OC(=O)Nc1ccc(Oc2ccnc(C(N)=O)c2N)cc1F. The predicted octanol–water partition coefficient (Wildman–Crippen LogP) is 3.04. The number of carbonyl (C=O) groups excluding carboxylic acids is 2. The van der Waals surface area contributed by atoms with Crippen molar-refractivity contribution in [3.8, 4) is 11.5 Å². The van der Waals surface area contributed by atoms with E-state index in [1.54, 1.807) is 20.8 Å². The molecule has 0 aliphatic rings. The number of amides is 2. The van der Waals surface area contributed by atoms with Crippen LogP contribution < -0.4 is 21.5 Å². The number of nitrogens with one attached hydrogen (secondary N) is 1. The third-order valence-corrected chi connectivity index (χ3v) is 2.99. The van der Waals surface area contributed by atoms with Gasteiger partial charge in [0, 0.05) is 18.3 Å². The Bertz CT molecular complexity index is 849. The maximum Gasteiger partial charge on any atom is 0.412 e. The van der Waals surface area contributed by atoms with Gasteiger partial charge >= 0.3 is 6.09 Å². The number of carbonyl (C=O) groups is 2. The summed E-state index contributed by atoms with van der Waals surface area (Å²) >= 11 is 0. The summed E-state index contributed by atoms with van der Waals surface area (Å²) in [6.07, 6.45) is 0.509. The second kappa shape index (κ2) is 7.26. The van der Waals surface area contributed by atoms with Gasteiger partial charge in [-0.15, -0.1) is 0 Å². The molecule has 0 spiro atoms. The van der Waals surface area contributed by atoms with Crippen LogP contribution in [0.1, 0.15) is 31.3 Å². The van der Waals surface area contributed by atoms with Crippen molar-refractivity contribution in [2.45, 2.75) is 26.4 Å². The minimum atomic E-state index is -0.809. The normalized spacial score (nSPS) is 10.9. The van der Waals surface area contributed by atoms with Crippen molar-refractivity contribution in [2.75, 3.05) is 11.1 Å². The lowest BCUT2D eigenvalue weighted by molar-refractivity contribution is 0.0635. The molecule has 1 aromatic carbocycles. The Morgan fingerprint density at radius 2 is 1.92 bits per heavy atom. The van der Waals surface area contributed by atoms with Crippen molar-refractivity contribution < 1.29 is 23.5 Å². The fourth-order valence-electron chi connectivity index (χ4n) is 1.94. The Hall–Kier alpha value is -3.36. The Labute approximate surface area is 149 Å². The molecule has 0 unspecified atom stereocenters. The minimum absolute atomic E-state index is 0.0589. The Morgan fingerprint density at radius 1 is 1.23 bits per heavy atom. The van der Waals surface area contributed by atoms with Gasteiger partial charge in [0.1, 0.15) is 17.0 Å². The van der Waals surface area contributed by atoms with Gasteiger partial charge < -0.3 is 20.9 Å². The average Bonchev–Trinajstić information content (AvgIpc) is 2.50. The highest BCUT2D eigenvalue weighted by molar-refractivity contribution is 5.97. The summed E-state index contributed by atoms with van der Waals surface area (Å²) in [5, 5.41) is 2.31. The van der Waals surface area contributed by atoms with Gasteiger partial charge in [0.2, 0.25) is 0 Å². The zero-order valence-corrected chi connectivity index (χ0v) is 14.5. The number of nitrogen functional groups attached to an aromatic ring is 1. The molecule has 0 aliphatic carbocycles. The molecule has 1 heterocycles. The van der Waals surface area contributed by atoms with E-state index in [4.69, 9.17) is 20.9 Å². The quantitative estimate of drug-likeness (QED) is 0.766. The largest absolute Gasteiger partial charge is 0.455 e. The zero-order chi connectivity index (χ0) is 19.5. The van der Waals surface area contributed by atoms with Crippen LogP contribution in [0.4, 0.5) is 20.6 Å². The fourth-order valence-corrected chi connectivity index (χ4v) is 1.94. The monoisotopic (exact) mass is 362 g/mol. The number of ether oxygens (including phenoxy) is 2. The second-order valence-electron chi connectivity index (χ2n) is 6.31. The van der Waals surface area contributed by atoms with Crippen molar-refractivity contribution in [1.29, 1.82) is 0 Å². The van der Waals surface area contributed by atoms with Gasteiger partial charge in [-0.25, -0.2) is 14.2 Å². The van der Waals surface area contributed by atoms with E-state index in [0.29, 0.717) is 0 Å². The number of hydrogen-bond donors (Lipinski definition) is 3. The molecular formula is C17H19FN4O4. The summed E-state index contributed by atoms with van der Waals surface area (Å²) in [5.74, 6) is -1.35. The molecular weight excluding hydrogens is 343 g/mol. The number of nitrogens with zero attached hydrogens (tertiary/aromatic N) is 1. The fraction of sp³-hybridized carbons (Fsp3) is 0.235. The summed E-state index contributed by atoms with van der Waals surface area (Å²) in [7, 11) is 0. The van der Waals surface area contributed by atoms with E-state index < -0.39 is 23.4 Å². The first-order valence-electron chi connectivity index (χ1n) is 7.58. The standard InChI is InChI=1S/C17H19FN4O4/c1-17(2,3)26-16(24)22-11-5-4-9(8-10(11)18)25-12-6-7-21-14(13(12)19)15(20)23/h4-8H,19H2,1-3H3,(H2,20,23)(H,22,24). The van der Waals surface area contributed by atoms with Crippen LogP contribution >= 0.6 is 0 Å². The van der Waals surface area contributed by atoms with Crippen LogP contribution in [0.2, 0.25) is 0 Å². The summed E-state index contributed by atoms with van der Waals surface area (Å²) < 4.78 is 24.7. The maximum atomic E-state index is 14.2. The van der Waals surface area contributed by atoms with E-state index >= 15 is 0 Å². The van der Waals surface area contributed by atoms with Gasteiger partial charge in [-0.2, -0.15) is 0 Å². The number of halogens is 1. The molecule has 1 aromatic heterocycles. The molecule has 0 saturated heterocycles. The van der Waals surface area contributed by atoms with Gasteiger partial charge in [0.05, 0.1) is 5.69 Å². The minimum Gasteiger partial charge on any atom is -0.455 e. The number of nitrogens with two attached hydrogens (primary N) is 2. The number of anilines is 2. The average molecular weight is 362 g/mol. The Morgan fingerprint density at radius 3 is 2.50 bits per heavy atom. The van der Waals surface area contributed by atoms with Crippen LogP contribution in [-0.2, 0) is 4.74 Å². The summed E-state index contributed by atoms with van der Waals surface area (Å²) in [6, 6.07) is 5.18. The highest BCUT2D eigenvalue weighted by atomic mass is 19.1. The third kappa shape index (κ3) is 4.82. The van der Waals surface area contributed by atoms with Gasteiger partial charge in [-0.05, 0) is 32.9 Å². The molecule has 0 fully saturated rings. The lowest BCUT2D eigenvalue weighted by Gasteiger charge is -2.20. The second-order valence-corrected chi connectivity index (χ2v) is 6.31. The first kappa shape index (κ1) is 19.0. The summed E-state index contributed by atoms with van der Waals surface area (Å²) in [5.41, 5.74) is 9.94. The van der Waals surface area contributed by atoms with E-state index in [1.165, 1.54) is 24.4 Å². The molecule has 8 nitrogen and oxygen atoms in total. The van der Waals surface area contributed by atoms with Crippen LogP contribution in [-0.4, -0.2) is 22.6 Å². The van der Waals surface area contributed by atoms with E-state index in [2.05, 4.69) is 10.3 Å². The number of aromatic nitrogens is 1. The maximum absolute atomic E-state index is 14.2. The van der Waals surface area contributed by atoms with Crippen LogP contribution in [0.3, 0.4) is 0 Å². The van der Waals surface area contributed by atoms with E-state index in [9.17, 15) is 14.0 Å². The lowest BCUT2D eigenvalue weighted by atomic mass is 10.2. The number of rotatable bonds is 4. The lowest BCUT2D eigenvalue weighted by Crippen LogP contribution is -2.27. The molecule has 0 bridgehead atoms. The number of pyridine rings is 1. The molecule has 2 rings (SSSR count). The highest BCUT2D eigenvalue weighted by Gasteiger charge is 2.18. The van der Waals surface area contributed by atoms with Crippen molar-refractivity contribution in [3.63, 3.8) is 0 Å². The van der Waals surface area contributed by atoms with Crippen LogP contribution in [0.25, 0.3) is 0 Å². The van der Waals surface area contributed by atoms with E-state index in [1.807, 2.05) is 0 Å². The highest BCUT2D eigenvalue weighted by Crippen LogP contribution is 2.30. The van der Waals surface area contributed by atoms with Gasteiger partial charge in [0.15, 0.2) is 17.3 Å². The number of benzene rings is 1. The molecule has 2 amide bonds. The molecule has 2 aromatic rings.